The molecular formula is C14H13ClFNO. The molecule has 2 aromatic rings. The van der Waals surface area contributed by atoms with Gasteiger partial charge in [-0.25, -0.2) is 4.39 Å². The second kappa shape index (κ2) is 6.26. The average molecular weight is 266 g/mol. The summed E-state index contributed by atoms with van der Waals surface area (Å²) in [5.74, 6) is 0.472. The third kappa shape index (κ3) is 3.93. The van der Waals surface area contributed by atoms with E-state index in [0.29, 0.717) is 18.2 Å². The van der Waals surface area contributed by atoms with Crippen LogP contribution in [0.2, 0.25) is 5.02 Å². The predicted octanol–water partition coefficient (Wildman–Crippen LogP) is 3.97. The molecule has 0 aliphatic heterocycles. The van der Waals surface area contributed by atoms with Crippen molar-refractivity contribution in [2.24, 2.45) is 0 Å². The Labute approximate surface area is 110 Å². The largest absolute Gasteiger partial charge is 0.492 e. The lowest BCUT2D eigenvalue weighted by Gasteiger charge is -2.08. The summed E-state index contributed by atoms with van der Waals surface area (Å²) in [5.41, 5.74) is 0.740. The van der Waals surface area contributed by atoms with Gasteiger partial charge in [-0.1, -0.05) is 23.7 Å². The summed E-state index contributed by atoms with van der Waals surface area (Å²) < 4.78 is 18.4. The number of anilines is 1. The summed E-state index contributed by atoms with van der Waals surface area (Å²) in [4.78, 5) is 0. The molecule has 0 amide bonds. The van der Waals surface area contributed by atoms with Crippen LogP contribution in [0.1, 0.15) is 0 Å². The standard InChI is InChI=1S/C14H13ClFNO/c15-11-3-1-6-14(9-11)18-8-7-17-13-5-2-4-12(16)10-13/h1-6,9-10,17H,7-8H2. The van der Waals surface area contributed by atoms with Crippen molar-refractivity contribution in [3.05, 3.63) is 59.4 Å². The molecule has 0 atom stereocenters. The van der Waals surface area contributed by atoms with Gasteiger partial charge in [0.15, 0.2) is 0 Å². The second-order valence-electron chi connectivity index (χ2n) is 3.74. The SMILES string of the molecule is Fc1cccc(NCCOc2cccc(Cl)c2)c1. The summed E-state index contributed by atoms with van der Waals surface area (Å²) in [6.07, 6.45) is 0. The molecular weight excluding hydrogens is 253 g/mol. The summed E-state index contributed by atoms with van der Waals surface area (Å²) in [6.45, 7) is 1.08. The highest BCUT2D eigenvalue weighted by molar-refractivity contribution is 6.30. The van der Waals surface area contributed by atoms with Crippen molar-refractivity contribution in [2.45, 2.75) is 0 Å². The third-order valence-corrected chi connectivity index (χ3v) is 2.56. The molecule has 0 heterocycles. The maximum atomic E-state index is 12.9. The lowest BCUT2D eigenvalue weighted by Crippen LogP contribution is -2.11. The van der Waals surface area contributed by atoms with Gasteiger partial charge in [-0.2, -0.15) is 0 Å². The highest BCUT2D eigenvalue weighted by Crippen LogP contribution is 2.17. The normalized spacial score (nSPS) is 10.1. The highest BCUT2D eigenvalue weighted by Gasteiger charge is 1.96. The molecule has 1 N–H and O–H groups in total. The van der Waals surface area contributed by atoms with E-state index < -0.39 is 0 Å². The Bertz CT molecular complexity index is 471. The average Bonchev–Trinajstić information content (AvgIpc) is 2.35. The quantitative estimate of drug-likeness (QED) is 0.826. The zero-order valence-electron chi connectivity index (χ0n) is 9.70. The van der Waals surface area contributed by atoms with Gasteiger partial charge < -0.3 is 10.1 Å². The Hall–Kier alpha value is -1.74. The van der Waals surface area contributed by atoms with E-state index in [1.807, 2.05) is 18.2 Å². The van der Waals surface area contributed by atoms with Gasteiger partial charge in [0.2, 0.25) is 0 Å². The number of hydrogen-bond acceptors (Lipinski definition) is 2. The monoisotopic (exact) mass is 265 g/mol. The van der Waals surface area contributed by atoms with Gasteiger partial charge in [-0.3, -0.25) is 0 Å². The van der Waals surface area contributed by atoms with Crippen LogP contribution in [-0.4, -0.2) is 13.2 Å². The van der Waals surface area contributed by atoms with E-state index in [9.17, 15) is 4.39 Å². The molecule has 0 spiro atoms. The first-order valence-electron chi connectivity index (χ1n) is 5.62. The van der Waals surface area contributed by atoms with Crippen molar-refractivity contribution in [2.75, 3.05) is 18.5 Å². The van der Waals surface area contributed by atoms with Crippen molar-refractivity contribution in [1.82, 2.24) is 0 Å². The van der Waals surface area contributed by atoms with E-state index in [-0.39, 0.29) is 5.82 Å². The van der Waals surface area contributed by atoms with Crippen molar-refractivity contribution in [3.63, 3.8) is 0 Å². The molecule has 2 rings (SSSR count). The second-order valence-corrected chi connectivity index (χ2v) is 4.18. The molecule has 4 heteroatoms. The molecule has 18 heavy (non-hydrogen) atoms. The molecule has 0 bridgehead atoms. The van der Waals surface area contributed by atoms with Gasteiger partial charge in [0.25, 0.3) is 0 Å². The Kier molecular flexibility index (Phi) is 4.42. The molecule has 0 fully saturated rings. The number of rotatable bonds is 5. The lowest BCUT2D eigenvalue weighted by atomic mass is 10.3. The first-order valence-corrected chi connectivity index (χ1v) is 6.00. The van der Waals surface area contributed by atoms with Crippen molar-refractivity contribution < 1.29 is 9.13 Å². The van der Waals surface area contributed by atoms with Crippen LogP contribution in [0.25, 0.3) is 0 Å². The maximum Gasteiger partial charge on any atom is 0.125 e. The fraction of sp³-hybridized carbons (Fsp3) is 0.143. The van der Waals surface area contributed by atoms with Crippen LogP contribution in [0.4, 0.5) is 10.1 Å². The zero-order valence-corrected chi connectivity index (χ0v) is 10.5. The summed E-state index contributed by atoms with van der Waals surface area (Å²) in [6, 6.07) is 13.5. The van der Waals surface area contributed by atoms with Crippen LogP contribution >= 0.6 is 11.6 Å². The van der Waals surface area contributed by atoms with Crippen molar-refractivity contribution >= 4 is 17.3 Å². The molecule has 2 aromatic carbocycles. The molecule has 0 aliphatic rings. The number of ether oxygens (including phenoxy) is 1. The number of benzene rings is 2. The molecule has 0 saturated carbocycles. The minimum atomic E-state index is -0.254. The maximum absolute atomic E-state index is 12.9. The molecule has 0 unspecified atom stereocenters. The molecule has 2 nitrogen and oxygen atoms in total. The Morgan fingerprint density at radius 1 is 1.11 bits per heavy atom. The zero-order chi connectivity index (χ0) is 12.8. The molecule has 0 aliphatic carbocycles. The van der Waals surface area contributed by atoms with Crippen molar-refractivity contribution in [3.8, 4) is 5.75 Å². The minimum Gasteiger partial charge on any atom is -0.492 e. The molecule has 94 valence electrons. The first kappa shape index (κ1) is 12.7. The van der Waals surface area contributed by atoms with Crippen molar-refractivity contribution in [1.29, 1.82) is 0 Å². The predicted molar refractivity (Wildman–Crippen MR) is 71.8 cm³/mol. The number of nitrogens with one attached hydrogen (secondary N) is 1. The first-order chi connectivity index (χ1) is 8.74. The van der Waals surface area contributed by atoms with Gasteiger partial charge >= 0.3 is 0 Å². The van der Waals surface area contributed by atoms with Gasteiger partial charge in [-0.05, 0) is 36.4 Å². The summed E-state index contributed by atoms with van der Waals surface area (Å²) >= 11 is 5.83. The number of halogens is 2. The van der Waals surface area contributed by atoms with Crippen LogP contribution in [0.3, 0.4) is 0 Å². The fourth-order valence-corrected chi connectivity index (χ4v) is 1.70. The Morgan fingerprint density at radius 3 is 2.72 bits per heavy atom. The summed E-state index contributed by atoms with van der Waals surface area (Å²) in [5, 5.41) is 3.72. The van der Waals surface area contributed by atoms with Gasteiger partial charge in [0, 0.05) is 17.3 Å². The minimum absolute atomic E-state index is 0.254. The third-order valence-electron chi connectivity index (χ3n) is 2.32. The Morgan fingerprint density at radius 2 is 1.94 bits per heavy atom. The smallest absolute Gasteiger partial charge is 0.125 e. The van der Waals surface area contributed by atoms with Gasteiger partial charge in [-0.15, -0.1) is 0 Å². The van der Waals surface area contributed by atoms with E-state index in [1.165, 1.54) is 12.1 Å². The molecule has 0 saturated heterocycles. The fourth-order valence-electron chi connectivity index (χ4n) is 1.52. The van der Waals surface area contributed by atoms with Crippen LogP contribution in [0, 0.1) is 5.82 Å². The molecule has 0 aromatic heterocycles. The Balaban J connectivity index is 1.76. The van der Waals surface area contributed by atoms with E-state index in [0.717, 1.165) is 11.4 Å². The van der Waals surface area contributed by atoms with E-state index in [2.05, 4.69) is 5.32 Å². The lowest BCUT2D eigenvalue weighted by molar-refractivity contribution is 0.333. The van der Waals surface area contributed by atoms with Gasteiger partial charge in [0.05, 0.1) is 0 Å². The van der Waals surface area contributed by atoms with Crippen LogP contribution in [0.5, 0.6) is 5.75 Å². The van der Waals surface area contributed by atoms with E-state index >= 15 is 0 Å². The van der Waals surface area contributed by atoms with Gasteiger partial charge in [0.1, 0.15) is 18.2 Å². The van der Waals surface area contributed by atoms with Crippen LogP contribution in [0.15, 0.2) is 48.5 Å². The van der Waals surface area contributed by atoms with E-state index in [4.69, 9.17) is 16.3 Å². The topological polar surface area (TPSA) is 21.3 Å². The number of hydrogen-bond donors (Lipinski definition) is 1. The molecule has 0 radical (unpaired) electrons. The van der Waals surface area contributed by atoms with E-state index in [1.54, 1.807) is 18.2 Å². The van der Waals surface area contributed by atoms with Crippen LogP contribution in [-0.2, 0) is 0 Å². The summed E-state index contributed by atoms with van der Waals surface area (Å²) in [7, 11) is 0. The highest BCUT2D eigenvalue weighted by atomic mass is 35.5. The van der Waals surface area contributed by atoms with Crippen LogP contribution < -0.4 is 10.1 Å².